The highest BCUT2D eigenvalue weighted by Gasteiger charge is 2.05. The van der Waals surface area contributed by atoms with E-state index in [1.54, 1.807) is 12.1 Å². The average molecular weight is 324 g/mol. The van der Waals surface area contributed by atoms with Gasteiger partial charge in [-0.3, -0.25) is 0 Å². The van der Waals surface area contributed by atoms with Crippen molar-refractivity contribution in [3.8, 4) is 6.07 Å². The molecule has 0 aliphatic heterocycles. The van der Waals surface area contributed by atoms with Gasteiger partial charge in [0.2, 0.25) is 0 Å². The minimum absolute atomic E-state index is 0.368. The molecule has 2 aromatic rings. The van der Waals surface area contributed by atoms with Crippen LogP contribution in [0.5, 0.6) is 0 Å². The number of benzene rings is 1. The van der Waals surface area contributed by atoms with E-state index in [0.29, 0.717) is 27.6 Å². The van der Waals surface area contributed by atoms with Gasteiger partial charge in [0.1, 0.15) is 17.3 Å². The molecule has 6 heteroatoms. The monoisotopic (exact) mass is 322 g/mol. The van der Waals surface area contributed by atoms with Crippen LogP contribution in [0.15, 0.2) is 35.1 Å². The number of nitrogens with zero attached hydrogens (tertiary/aromatic N) is 3. The predicted octanol–water partition coefficient (Wildman–Crippen LogP) is 3.38. The number of aromatic nitrogens is 2. The summed E-state index contributed by atoms with van der Waals surface area (Å²) in [4.78, 5) is 7.93. The van der Waals surface area contributed by atoms with Gasteiger partial charge in [-0.1, -0.05) is 23.7 Å². The van der Waals surface area contributed by atoms with Crippen molar-refractivity contribution in [3.63, 3.8) is 0 Å². The average Bonchev–Trinajstić information content (AvgIpc) is 2.41. The zero-order valence-corrected chi connectivity index (χ0v) is 11.5. The van der Waals surface area contributed by atoms with Gasteiger partial charge in [0.15, 0.2) is 0 Å². The minimum atomic E-state index is 0.368. The lowest BCUT2D eigenvalue weighted by atomic mass is 10.1. The summed E-state index contributed by atoms with van der Waals surface area (Å²) >= 11 is 9.18. The Morgan fingerprint density at radius 3 is 2.67 bits per heavy atom. The molecule has 90 valence electrons. The van der Waals surface area contributed by atoms with Crippen LogP contribution >= 0.6 is 27.5 Å². The molecule has 0 atom stereocenters. The molecule has 2 rings (SSSR count). The van der Waals surface area contributed by atoms with Crippen molar-refractivity contribution in [2.75, 3.05) is 5.32 Å². The second-order valence-electron chi connectivity index (χ2n) is 3.49. The Balaban J connectivity index is 2.07. The van der Waals surface area contributed by atoms with E-state index in [9.17, 15) is 0 Å². The van der Waals surface area contributed by atoms with Crippen LogP contribution in [0.1, 0.15) is 11.1 Å². The van der Waals surface area contributed by atoms with Crippen molar-refractivity contribution in [2.24, 2.45) is 0 Å². The first-order valence-electron chi connectivity index (χ1n) is 5.09. The fraction of sp³-hybridized carbons (Fsp3) is 0.0833. The third-order valence-electron chi connectivity index (χ3n) is 2.29. The van der Waals surface area contributed by atoms with Gasteiger partial charge in [0.25, 0.3) is 0 Å². The van der Waals surface area contributed by atoms with Crippen LogP contribution in [0.25, 0.3) is 0 Å². The lowest BCUT2D eigenvalue weighted by Gasteiger charge is -2.07. The van der Waals surface area contributed by atoms with Gasteiger partial charge < -0.3 is 5.32 Å². The van der Waals surface area contributed by atoms with Gasteiger partial charge in [-0.05, 0) is 33.6 Å². The molecule has 1 aromatic heterocycles. The molecule has 1 aromatic carbocycles. The summed E-state index contributed by atoms with van der Waals surface area (Å²) in [6.07, 6.45) is 1.40. The Bertz CT molecular complexity index is 592. The van der Waals surface area contributed by atoms with Crippen molar-refractivity contribution in [1.29, 1.82) is 5.26 Å². The first-order valence-corrected chi connectivity index (χ1v) is 6.26. The summed E-state index contributed by atoms with van der Waals surface area (Å²) in [6, 6.07) is 9.41. The third kappa shape index (κ3) is 2.97. The Labute approximate surface area is 118 Å². The molecule has 4 nitrogen and oxygen atoms in total. The summed E-state index contributed by atoms with van der Waals surface area (Å²) in [5.41, 5.74) is 1.70. The summed E-state index contributed by atoms with van der Waals surface area (Å²) < 4.78 is 0.639. The zero-order valence-electron chi connectivity index (χ0n) is 9.19. The van der Waals surface area contributed by atoms with Crippen molar-refractivity contribution in [3.05, 3.63) is 51.3 Å². The summed E-state index contributed by atoms with van der Waals surface area (Å²) in [5.74, 6) is 0.638. The van der Waals surface area contributed by atoms with Gasteiger partial charge in [0.05, 0.1) is 16.1 Å². The predicted molar refractivity (Wildman–Crippen MR) is 73.2 cm³/mol. The number of anilines is 1. The Hall–Kier alpha value is -1.64. The molecular weight excluding hydrogens is 316 g/mol. The van der Waals surface area contributed by atoms with Crippen LogP contribution in [-0.2, 0) is 6.54 Å². The smallest absolute Gasteiger partial charge is 0.148 e. The normalized spacial score (nSPS) is 9.83. The van der Waals surface area contributed by atoms with E-state index in [1.165, 1.54) is 6.33 Å². The van der Waals surface area contributed by atoms with E-state index < -0.39 is 0 Å². The fourth-order valence-corrected chi connectivity index (χ4v) is 1.83. The molecule has 0 unspecified atom stereocenters. The standard InChI is InChI=1S/C12H8BrClN4/c13-10-11(14)17-7-18-12(10)16-6-9-3-1-8(5-15)2-4-9/h1-4,7H,6H2,(H,16,17,18). The maximum absolute atomic E-state index is 8.70. The number of nitrogens with one attached hydrogen (secondary N) is 1. The third-order valence-corrected chi connectivity index (χ3v) is 3.56. The van der Waals surface area contributed by atoms with Crippen molar-refractivity contribution in [1.82, 2.24) is 9.97 Å². The number of nitriles is 1. The van der Waals surface area contributed by atoms with Gasteiger partial charge in [-0.15, -0.1) is 0 Å². The van der Waals surface area contributed by atoms with Crippen LogP contribution in [0.3, 0.4) is 0 Å². The molecule has 0 fully saturated rings. The molecule has 1 heterocycles. The lowest BCUT2D eigenvalue weighted by molar-refractivity contribution is 1.07. The quantitative estimate of drug-likeness (QED) is 0.880. The van der Waals surface area contributed by atoms with Crippen molar-refractivity contribution < 1.29 is 0 Å². The molecule has 0 aliphatic carbocycles. The number of halogens is 2. The van der Waals surface area contributed by atoms with E-state index >= 15 is 0 Å². The highest BCUT2D eigenvalue weighted by atomic mass is 79.9. The summed E-state index contributed by atoms with van der Waals surface area (Å²) in [5, 5.41) is 12.2. The molecule has 0 amide bonds. The highest BCUT2D eigenvalue weighted by Crippen LogP contribution is 2.26. The second-order valence-corrected chi connectivity index (χ2v) is 4.64. The van der Waals surface area contributed by atoms with Gasteiger partial charge in [0, 0.05) is 6.54 Å². The topological polar surface area (TPSA) is 61.6 Å². The van der Waals surface area contributed by atoms with Gasteiger partial charge in [-0.25, -0.2) is 9.97 Å². The fourth-order valence-electron chi connectivity index (χ4n) is 1.35. The van der Waals surface area contributed by atoms with Crippen LogP contribution < -0.4 is 5.32 Å². The maximum atomic E-state index is 8.70. The van der Waals surface area contributed by atoms with Crippen LogP contribution in [-0.4, -0.2) is 9.97 Å². The number of rotatable bonds is 3. The van der Waals surface area contributed by atoms with Crippen molar-refractivity contribution >= 4 is 33.3 Å². The molecule has 0 spiro atoms. The van der Waals surface area contributed by atoms with Crippen LogP contribution in [0, 0.1) is 11.3 Å². The molecule has 0 aliphatic rings. The van der Waals surface area contributed by atoms with Gasteiger partial charge in [-0.2, -0.15) is 5.26 Å². The van der Waals surface area contributed by atoms with E-state index in [2.05, 4.69) is 37.3 Å². The van der Waals surface area contributed by atoms with Crippen LogP contribution in [0.2, 0.25) is 5.15 Å². The first kappa shape index (κ1) is 12.8. The lowest BCUT2D eigenvalue weighted by Crippen LogP contribution is -2.02. The molecule has 0 saturated carbocycles. The molecule has 0 radical (unpaired) electrons. The van der Waals surface area contributed by atoms with E-state index in [0.717, 1.165) is 5.56 Å². The first-order chi connectivity index (χ1) is 8.70. The van der Waals surface area contributed by atoms with E-state index in [-0.39, 0.29) is 0 Å². The minimum Gasteiger partial charge on any atom is -0.365 e. The zero-order chi connectivity index (χ0) is 13.0. The Morgan fingerprint density at radius 1 is 1.28 bits per heavy atom. The second kappa shape index (κ2) is 5.80. The maximum Gasteiger partial charge on any atom is 0.148 e. The van der Waals surface area contributed by atoms with Gasteiger partial charge >= 0.3 is 0 Å². The highest BCUT2D eigenvalue weighted by molar-refractivity contribution is 9.10. The molecule has 18 heavy (non-hydrogen) atoms. The largest absolute Gasteiger partial charge is 0.365 e. The Kier molecular flexibility index (Phi) is 4.13. The SMILES string of the molecule is N#Cc1ccc(CNc2ncnc(Cl)c2Br)cc1. The van der Waals surface area contributed by atoms with E-state index in [1.807, 2.05) is 12.1 Å². The number of hydrogen-bond donors (Lipinski definition) is 1. The van der Waals surface area contributed by atoms with Crippen LogP contribution in [0.4, 0.5) is 5.82 Å². The summed E-state index contributed by atoms with van der Waals surface area (Å²) in [7, 11) is 0. The molecular formula is C12H8BrClN4. The number of hydrogen-bond acceptors (Lipinski definition) is 4. The van der Waals surface area contributed by atoms with Crippen molar-refractivity contribution in [2.45, 2.75) is 6.54 Å². The summed E-state index contributed by atoms with van der Waals surface area (Å²) in [6.45, 7) is 0.595. The molecule has 0 saturated heterocycles. The molecule has 0 bridgehead atoms. The molecule has 1 N–H and O–H groups in total. The van der Waals surface area contributed by atoms with E-state index in [4.69, 9.17) is 16.9 Å². The Morgan fingerprint density at radius 2 is 2.00 bits per heavy atom.